The van der Waals surface area contributed by atoms with Crippen LogP contribution in [0.4, 0.5) is 5.82 Å². The summed E-state index contributed by atoms with van der Waals surface area (Å²) >= 11 is 1.53. The number of morpholine rings is 1. The molecular formula is C36H55N7O16S4. The number of carbonyl (C=O) groups is 5. The highest BCUT2D eigenvalue weighted by Gasteiger charge is 2.40. The van der Waals surface area contributed by atoms with E-state index in [0.717, 1.165) is 11.7 Å². The number of ether oxygens (including phenoxy) is 5. The van der Waals surface area contributed by atoms with Crippen LogP contribution in [0, 0.1) is 0 Å². The largest absolute Gasteiger partial charge is 0.478 e. The van der Waals surface area contributed by atoms with Gasteiger partial charge >= 0.3 is 23.9 Å². The van der Waals surface area contributed by atoms with Crippen LogP contribution in [0.5, 0.6) is 5.88 Å². The molecule has 2 aromatic rings. The minimum atomic E-state index is -4.56. The van der Waals surface area contributed by atoms with Gasteiger partial charge in [0.05, 0.1) is 37.8 Å². The molecule has 4 heterocycles. The number of amides is 1. The Bertz CT molecular complexity index is 2100. The smallest absolute Gasteiger partial charge is 0.328 e. The lowest BCUT2D eigenvalue weighted by Gasteiger charge is -2.32. The molecule has 354 valence electrons. The van der Waals surface area contributed by atoms with Crippen molar-refractivity contribution >= 4 is 78.7 Å². The third-order valence-electron chi connectivity index (χ3n) is 8.64. The standard InChI is InChI=1S/C32H51N7O12S4.C4H4O4/c1-7-33-24-19-39(11-8-14-47-6)55(45,46)31-23(24)17-27(52-31)54(43,44)37-29(42)21(2)50-25(40)9-10-26(41)51-22(18-34-32(3,4)5)20-49-30-28(35-53-36-30)38-12-15-48-16-13-38;5-3(6)1-2-4(7)8/h17,21-22,24,33-34H,7-16,18-20H2,1-6H3,(H,37,42);1-2H,(H,5,6)(H,7,8)/b;2-1-/t21-,22?,24-;/m0./s1. The van der Waals surface area contributed by atoms with Crippen LogP contribution >= 0.6 is 23.1 Å². The van der Waals surface area contributed by atoms with E-state index in [0.29, 0.717) is 81.1 Å². The molecule has 1 fully saturated rings. The Kier molecular flexibility index (Phi) is 20.7. The zero-order valence-corrected chi connectivity index (χ0v) is 39.0. The van der Waals surface area contributed by atoms with Gasteiger partial charge in [0.1, 0.15) is 21.1 Å². The van der Waals surface area contributed by atoms with E-state index in [2.05, 4.69) is 19.4 Å². The number of esters is 2. The van der Waals surface area contributed by atoms with Gasteiger partial charge in [-0.05, 0) is 46.7 Å². The summed E-state index contributed by atoms with van der Waals surface area (Å²) < 4.78 is 91.7. The maximum absolute atomic E-state index is 13.4. The Hall–Kier alpha value is -4.35. The normalized spacial score (nSPS) is 17.4. The first-order chi connectivity index (χ1) is 29.6. The van der Waals surface area contributed by atoms with Crippen molar-refractivity contribution in [2.75, 3.05) is 77.7 Å². The molecule has 0 radical (unpaired) electrons. The number of rotatable bonds is 22. The zero-order valence-electron chi connectivity index (χ0n) is 35.7. The lowest BCUT2D eigenvalue weighted by atomic mass is 10.1. The molecule has 2 aliphatic rings. The molecule has 1 amide bonds. The second-order valence-electron chi connectivity index (χ2n) is 14.8. The highest BCUT2D eigenvalue weighted by Crippen LogP contribution is 2.40. The molecule has 1 saturated heterocycles. The zero-order chi connectivity index (χ0) is 47.0. The first-order valence-electron chi connectivity index (χ1n) is 19.6. The summed E-state index contributed by atoms with van der Waals surface area (Å²) in [5.41, 5.74) is -0.0183. The molecule has 3 atom stereocenters. The van der Waals surface area contributed by atoms with Crippen LogP contribution in [0.1, 0.15) is 65.5 Å². The molecule has 0 aliphatic carbocycles. The maximum atomic E-state index is 13.4. The van der Waals surface area contributed by atoms with Crippen LogP contribution in [-0.4, -0.2) is 160 Å². The van der Waals surface area contributed by atoms with Crippen LogP contribution in [0.25, 0.3) is 0 Å². The maximum Gasteiger partial charge on any atom is 0.328 e. The Labute approximate surface area is 373 Å². The fraction of sp³-hybridized carbons (Fsp3) is 0.639. The number of aromatic nitrogens is 2. The Morgan fingerprint density at radius 2 is 1.68 bits per heavy atom. The number of carboxylic acid groups (broad SMARTS) is 2. The number of fused-ring (bicyclic) bond motifs is 1. The van der Waals surface area contributed by atoms with Gasteiger partial charge in [-0.3, -0.25) is 14.4 Å². The number of methoxy groups -OCH3 is 1. The number of nitrogens with one attached hydrogen (secondary N) is 3. The number of carbonyl (C=O) groups excluding carboxylic acids is 3. The molecule has 0 bridgehead atoms. The lowest BCUT2D eigenvalue weighted by molar-refractivity contribution is -0.158. The van der Waals surface area contributed by atoms with Crippen molar-refractivity contribution in [3.63, 3.8) is 0 Å². The number of carboxylic acids is 2. The number of nitrogens with zero attached hydrogens (tertiary/aromatic N) is 4. The minimum Gasteiger partial charge on any atom is -0.478 e. The summed E-state index contributed by atoms with van der Waals surface area (Å²) in [6, 6.07) is 0.760. The van der Waals surface area contributed by atoms with Gasteiger partial charge in [-0.1, -0.05) is 6.92 Å². The first kappa shape index (κ1) is 53.0. The van der Waals surface area contributed by atoms with Gasteiger partial charge in [-0.25, -0.2) is 31.1 Å². The van der Waals surface area contributed by atoms with E-state index in [1.807, 2.05) is 37.3 Å². The molecule has 2 aromatic heterocycles. The summed E-state index contributed by atoms with van der Waals surface area (Å²) in [4.78, 5) is 59.5. The number of thiophene rings is 1. The quantitative estimate of drug-likeness (QED) is 0.0617. The predicted molar refractivity (Wildman–Crippen MR) is 227 cm³/mol. The van der Waals surface area contributed by atoms with E-state index >= 15 is 0 Å². The summed E-state index contributed by atoms with van der Waals surface area (Å²) in [5, 5.41) is 22.1. The third-order valence-corrected chi connectivity index (χ3v) is 14.5. The number of aliphatic carboxylic acids is 2. The van der Waals surface area contributed by atoms with Crippen molar-refractivity contribution in [3.8, 4) is 5.88 Å². The Balaban J connectivity index is 0.00000120. The molecule has 0 spiro atoms. The van der Waals surface area contributed by atoms with Gasteiger partial charge in [0.25, 0.3) is 31.8 Å². The fourth-order valence-electron chi connectivity index (χ4n) is 5.61. The van der Waals surface area contributed by atoms with Crippen molar-refractivity contribution in [1.82, 2.24) is 28.4 Å². The number of anilines is 1. The molecule has 23 nitrogen and oxygen atoms in total. The fourth-order valence-corrected chi connectivity index (χ4v) is 11.1. The van der Waals surface area contributed by atoms with Crippen LogP contribution in [-0.2, 0) is 63.0 Å². The molecule has 0 aromatic carbocycles. The topological polar surface area (TPSA) is 309 Å². The second-order valence-corrected chi connectivity index (χ2v) is 20.4. The van der Waals surface area contributed by atoms with Crippen LogP contribution in [0.2, 0.25) is 0 Å². The van der Waals surface area contributed by atoms with E-state index in [9.17, 15) is 40.8 Å². The minimum absolute atomic E-state index is 0.0464. The van der Waals surface area contributed by atoms with Crippen LogP contribution in [0.3, 0.4) is 0 Å². The Morgan fingerprint density at radius 1 is 1.05 bits per heavy atom. The van der Waals surface area contributed by atoms with E-state index in [-0.39, 0.29) is 52.2 Å². The molecule has 27 heteroatoms. The average molecular weight is 970 g/mol. The molecule has 0 saturated carbocycles. The first-order valence-corrected chi connectivity index (χ1v) is 24.0. The van der Waals surface area contributed by atoms with Gasteiger partial charge in [-0.2, -0.15) is 8.68 Å². The monoisotopic (exact) mass is 969 g/mol. The number of hydrogen-bond acceptors (Lipinski definition) is 21. The van der Waals surface area contributed by atoms with E-state index in [1.54, 1.807) is 0 Å². The average Bonchev–Trinajstić information content (AvgIpc) is 3.89. The second kappa shape index (κ2) is 24.6. The van der Waals surface area contributed by atoms with E-state index in [4.69, 9.17) is 33.9 Å². The molecule has 1 unspecified atom stereocenters. The predicted octanol–water partition coefficient (Wildman–Crippen LogP) is 0.735. The lowest BCUT2D eigenvalue weighted by Crippen LogP contribution is -2.44. The van der Waals surface area contributed by atoms with Gasteiger partial charge in [0, 0.05) is 75.7 Å². The summed E-state index contributed by atoms with van der Waals surface area (Å²) in [6.45, 7) is 12.5. The summed E-state index contributed by atoms with van der Waals surface area (Å²) in [5.74, 6) is -4.45. The van der Waals surface area contributed by atoms with Gasteiger partial charge in [-0.15, -0.1) is 15.7 Å². The van der Waals surface area contributed by atoms with Crippen molar-refractivity contribution in [3.05, 3.63) is 23.8 Å². The highest BCUT2D eigenvalue weighted by atomic mass is 32.3. The molecular weight excluding hydrogens is 915 g/mol. The van der Waals surface area contributed by atoms with Crippen LogP contribution < -0.4 is 25.0 Å². The van der Waals surface area contributed by atoms with E-state index in [1.165, 1.54) is 24.4 Å². The van der Waals surface area contributed by atoms with Crippen molar-refractivity contribution in [1.29, 1.82) is 0 Å². The van der Waals surface area contributed by atoms with Gasteiger partial charge < -0.3 is 49.4 Å². The van der Waals surface area contributed by atoms with Crippen LogP contribution in [0.15, 0.2) is 26.6 Å². The molecule has 5 N–H and O–H groups in total. The Morgan fingerprint density at radius 3 is 2.27 bits per heavy atom. The SMILES string of the molecule is CCN[C@H]1CN(CCCOC)S(=O)(=O)c2sc(S(=O)(=O)NC(=O)[C@H](C)OC(=O)CCC(=O)OC(CNC(C)(C)C)COc3nsnc3N3CCOCC3)cc21.O=C(O)/C=C\C(=O)O. The number of hydrogen-bond donors (Lipinski definition) is 5. The van der Waals surface area contributed by atoms with E-state index < -0.39 is 74.5 Å². The summed E-state index contributed by atoms with van der Waals surface area (Å²) in [6.07, 6.45) is -1.61. The molecule has 2 aliphatic heterocycles. The number of sulfonamides is 2. The van der Waals surface area contributed by atoms with Crippen molar-refractivity contribution in [2.24, 2.45) is 0 Å². The summed E-state index contributed by atoms with van der Waals surface area (Å²) in [7, 11) is -7.06. The highest BCUT2D eigenvalue weighted by molar-refractivity contribution is 7.94. The number of likely N-dealkylation sites (N-methyl/N-ethyl adjacent to an activating group) is 1. The van der Waals surface area contributed by atoms with Crippen molar-refractivity contribution < 1.29 is 74.7 Å². The van der Waals surface area contributed by atoms with Crippen molar-refractivity contribution in [2.45, 2.75) is 86.1 Å². The van der Waals surface area contributed by atoms with Gasteiger partial charge in [0.2, 0.25) is 5.82 Å². The third kappa shape index (κ3) is 17.3. The van der Waals surface area contributed by atoms with Gasteiger partial charge in [0.15, 0.2) is 6.10 Å². The molecule has 4 rings (SSSR count). The molecule has 63 heavy (non-hydrogen) atoms.